The van der Waals surface area contributed by atoms with Crippen LogP contribution in [0.2, 0.25) is 0 Å². The van der Waals surface area contributed by atoms with Gasteiger partial charge < -0.3 is 4.90 Å². The minimum atomic E-state index is 0.120. The zero-order chi connectivity index (χ0) is 13.1. The second-order valence-electron chi connectivity index (χ2n) is 4.53. The Labute approximate surface area is 107 Å². The van der Waals surface area contributed by atoms with Crippen LogP contribution < -0.4 is 4.90 Å². The van der Waals surface area contributed by atoms with E-state index >= 15 is 0 Å². The first-order valence-electron chi connectivity index (χ1n) is 6.22. The maximum Gasteiger partial charge on any atom is 0.227 e. The summed E-state index contributed by atoms with van der Waals surface area (Å²) in [5, 5.41) is 0. The molecule has 1 aromatic carbocycles. The molecular weight excluding hydrogens is 226 g/mol. The molecule has 1 unspecified atom stereocenters. The molecule has 1 heterocycles. The fraction of sp³-hybridized carbons (Fsp3) is 0.333. The summed E-state index contributed by atoms with van der Waals surface area (Å²) in [6, 6.07) is 7.25. The van der Waals surface area contributed by atoms with Gasteiger partial charge in [-0.15, -0.1) is 6.58 Å². The van der Waals surface area contributed by atoms with Crippen molar-refractivity contribution in [3.8, 4) is 0 Å². The van der Waals surface area contributed by atoms with Crippen molar-refractivity contribution in [1.82, 2.24) is 0 Å². The lowest BCUT2D eigenvalue weighted by atomic mass is 10.1. The number of hydrogen-bond acceptors (Lipinski definition) is 2. The Bertz CT molecular complexity index is 476. The first-order chi connectivity index (χ1) is 8.65. The van der Waals surface area contributed by atoms with Crippen LogP contribution in [0, 0.1) is 5.92 Å². The molecule has 94 valence electrons. The monoisotopic (exact) mass is 243 g/mol. The normalized spacial score (nSPS) is 19.1. The summed E-state index contributed by atoms with van der Waals surface area (Å²) in [7, 11) is 0. The van der Waals surface area contributed by atoms with Gasteiger partial charge in [0.1, 0.15) is 0 Å². The number of anilines is 1. The maximum atomic E-state index is 11.8. The zero-order valence-corrected chi connectivity index (χ0v) is 10.6. The second-order valence-corrected chi connectivity index (χ2v) is 4.53. The Hall–Kier alpha value is -1.90. The zero-order valence-electron chi connectivity index (χ0n) is 10.6. The highest BCUT2D eigenvalue weighted by Crippen LogP contribution is 2.25. The standard InChI is InChI=1S/C15H17NO2/c1-3-11-9-15(18)16(10-11)13-7-5-12(6-8-13)14(17)4-2/h3,5-8,11H,1,4,9-10H2,2H3. The number of carbonyl (C=O) groups is 2. The summed E-state index contributed by atoms with van der Waals surface area (Å²) < 4.78 is 0. The van der Waals surface area contributed by atoms with E-state index in [4.69, 9.17) is 0 Å². The number of nitrogens with zero attached hydrogens (tertiary/aromatic N) is 1. The number of rotatable bonds is 4. The van der Waals surface area contributed by atoms with Crippen LogP contribution in [0.1, 0.15) is 30.1 Å². The Kier molecular flexibility index (Phi) is 3.60. The number of amides is 1. The van der Waals surface area contributed by atoms with Gasteiger partial charge in [0.15, 0.2) is 5.78 Å². The van der Waals surface area contributed by atoms with Crippen LogP contribution in [0.4, 0.5) is 5.69 Å². The van der Waals surface area contributed by atoms with Crippen LogP contribution >= 0.6 is 0 Å². The molecule has 1 atom stereocenters. The molecule has 2 rings (SSSR count). The molecule has 3 heteroatoms. The molecule has 1 amide bonds. The molecule has 1 aliphatic rings. The largest absolute Gasteiger partial charge is 0.312 e. The van der Waals surface area contributed by atoms with Crippen molar-refractivity contribution in [1.29, 1.82) is 0 Å². The first-order valence-corrected chi connectivity index (χ1v) is 6.22. The van der Waals surface area contributed by atoms with Crippen LogP contribution in [0.25, 0.3) is 0 Å². The van der Waals surface area contributed by atoms with Gasteiger partial charge in [-0.2, -0.15) is 0 Å². The highest BCUT2D eigenvalue weighted by molar-refractivity contribution is 5.98. The van der Waals surface area contributed by atoms with E-state index in [0.29, 0.717) is 24.9 Å². The molecule has 0 aromatic heterocycles. The van der Waals surface area contributed by atoms with Crippen LogP contribution in [-0.4, -0.2) is 18.2 Å². The van der Waals surface area contributed by atoms with Crippen molar-refractivity contribution in [2.24, 2.45) is 5.92 Å². The van der Waals surface area contributed by atoms with Crippen molar-refractivity contribution in [3.63, 3.8) is 0 Å². The van der Waals surface area contributed by atoms with Gasteiger partial charge in [-0.25, -0.2) is 0 Å². The van der Waals surface area contributed by atoms with Gasteiger partial charge in [0.05, 0.1) is 0 Å². The number of ketones is 1. The van der Waals surface area contributed by atoms with Gasteiger partial charge in [0, 0.05) is 36.6 Å². The van der Waals surface area contributed by atoms with Crippen molar-refractivity contribution >= 4 is 17.4 Å². The SMILES string of the molecule is C=CC1CC(=O)N(c2ccc(C(=O)CC)cc2)C1. The van der Waals surface area contributed by atoms with E-state index < -0.39 is 0 Å². The minimum Gasteiger partial charge on any atom is -0.312 e. The molecule has 1 fully saturated rings. The fourth-order valence-corrected chi connectivity index (χ4v) is 2.17. The third-order valence-corrected chi connectivity index (χ3v) is 3.31. The number of Topliss-reactive ketones (excluding diaryl/α,β-unsaturated/α-hetero) is 1. The van der Waals surface area contributed by atoms with E-state index in [-0.39, 0.29) is 17.6 Å². The Morgan fingerprint density at radius 1 is 1.44 bits per heavy atom. The molecule has 0 spiro atoms. The van der Waals surface area contributed by atoms with Crippen molar-refractivity contribution < 1.29 is 9.59 Å². The molecule has 3 nitrogen and oxygen atoms in total. The number of benzene rings is 1. The van der Waals surface area contributed by atoms with Gasteiger partial charge in [-0.05, 0) is 24.3 Å². The lowest BCUT2D eigenvalue weighted by Crippen LogP contribution is -2.24. The van der Waals surface area contributed by atoms with Crippen molar-refractivity contribution in [3.05, 3.63) is 42.5 Å². The molecular formula is C15H17NO2. The smallest absolute Gasteiger partial charge is 0.227 e. The molecule has 1 aromatic rings. The van der Waals surface area contributed by atoms with Gasteiger partial charge in [-0.3, -0.25) is 9.59 Å². The lowest BCUT2D eigenvalue weighted by molar-refractivity contribution is -0.117. The number of hydrogen-bond donors (Lipinski definition) is 0. The molecule has 18 heavy (non-hydrogen) atoms. The van der Waals surface area contributed by atoms with E-state index in [1.54, 1.807) is 17.0 Å². The van der Waals surface area contributed by atoms with E-state index in [9.17, 15) is 9.59 Å². The van der Waals surface area contributed by atoms with Gasteiger partial charge in [-0.1, -0.05) is 13.0 Å². The van der Waals surface area contributed by atoms with E-state index in [2.05, 4.69) is 6.58 Å². The molecule has 1 saturated heterocycles. The Morgan fingerprint density at radius 2 is 2.11 bits per heavy atom. The first kappa shape index (κ1) is 12.6. The van der Waals surface area contributed by atoms with E-state index in [0.717, 1.165) is 5.69 Å². The molecule has 0 radical (unpaired) electrons. The number of carbonyl (C=O) groups excluding carboxylic acids is 2. The predicted molar refractivity (Wildman–Crippen MR) is 71.7 cm³/mol. The summed E-state index contributed by atoms with van der Waals surface area (Å²) in [4.78, 5) is 25.1. The average Bonchev–Trinajstić information content (AvgIpc) is 2.79. The predicted octanol–water partition coefficient (Wildman–Crippen LogP) is 2.82. The third kappa shape index (κ3) is 2.35. The Balaban J connectivity index is 2.17. The summed E-state index contributed by atoms with van der Waals surface area (Å²) in [6.07, 6.45) is 2.85. The summed E-state index contributed by atoms with van der Waals surface area (Å²) in [5.41, 5.74) is 1.56. The van der Waals surface area contributed by atoms with Crippen LogP contribution in [0.15, 0.2) is 36.9 Å². The maximum absolute atomic E-state index is 11.8. The van der Waals surface area contributed by atoms with Gasteiger partial charge in [0.25, 0.3) is 0 Å². The Morgan fingerprint density at radius 3 is 2.61 bits per heavy atom. The third-order valence-electron chi connectivity index (χ3n) is 3.31. The minimum absolute atomic E-state index is 0.120. The molecule has 0 saturated carbocycles. The highest BCUT2D eigenvalue weighted by atomic mass is 16.2. The summed E-state index contributed by atoms with van der Waals surface area (Å²) in [6.45, 7) is 6.26. The van der Waals surface area contributed by atoms with Crippen LogP contribution in [0.3, 0.4) is 0 Å². The van der Waals surface area contributed by atoms with Crippen LogP contribution in [-0.2, 0) is 4.79 Å². The van der Waals surface area contributed by atoms with Crippen molar-refractivity contribution in [2.75, 3.05) is 11.4 Å². The molecule has 1 aliphatic heterocycles. The lowest BCUT2D eigenvalue weighted by Gasteiger charge is -2.16. The highest BCUT2D eigenvalue weighted by Gasteiger charge is 2.28. The van der Waals surface area contributed by atoms with E-state index in [1.165, 1.54) is 0 Å². The summed E-state index contributed by atoms with van der Waals surface area (Å²) >= 11 is 0. The second kappa shape index (κ2) is 5.17. The van der Waals surface area contributed by atoms with Crippen LogP contribution in [0.5, 0.6) is 0 Å². The van der Waals surface area contributed by atoms with Gasteiger partial charge >= 0.3 is 0 Å². The van der Waals surface area contributed by atoms with E-state index in [1.807, 2.05) is 25.1 Å². The average molecular weight is 243 g/mol. The fourth-order valence-electron chi connectivity index (χ4n) is 2.17. The quantitative estimate of drug-likeness (QED) is 0.602. The van der Waals surface area contributed by atoms with Crippen molar-refractivity contribution in [2.45, 2.75) is 19.8 Å². The molecule has 0 N–H and O–H groups in total. The topological polar surface area (TPSA) is 37.4 Å². The molecule has 0 bridgehead atoms. The molecule has 0 aliphatic carbocycles. The summed E-state index contributed by atoms with van der Waals surface area (Å²) in [5.74, 6) is 0.474. The van der Waals surface area contributed by atoms with Gasteiger partial charge in [0.2, 0.25) is 5.91 Å².